The Morgan fingerprint density at radius 1 is 1.20 bits per heavy atom. The van der Waals surface area contributed by atoms with Crippen LogP contribution >= 0.6 is 0 Å². The van der Waals surface area contributed by atoms with E-state index in [0.717, 1.165) is 30.0 Å². The van der Waals surface area contributed by atoms with Crippen LogP contribution in [0, 0.1) is 10.1 Å². The molecule has 0 spiro atoms. The molecule has 1 atom stereocenters. The molecule has 0 amide bonds. The van der Waals surface area contributed by atoms with Gasteiger partial charge >= 0.3 is 0 Å². The van der Waals surface area contributed by atoms with E-state index in [1.807, 2.05) is 12.1 Å². The number of nitrogens with zero attached hydrogens (tertiary/aromatic N) is 1. The molecule has 5 nitrogen and oxygen atoms in total. The number of furan rings is 1. The minimum absolute atomic E-state index is 0.0830. The number of rotatable bonds is 6. The summed E-state index contributed by atoms with van der Waals surface area (Å²) < 4.78 is 5.84. The Morgan fingerprint density at radius 2 is 1.90 bits per heavy atom. The number of non-ortho nitro benzene ring substituents is 1. The number of nitro groups is 1. The number of hydrogen-bond acceptors (Lipinski definition) is 4. The Hall–Kier alpha value is -2.14. The maximum absolute atomic E-state index is 10.6. The molecule has 0 fully saturated rings. The first-order chi connectivity index (χ1) is 9.65. The first-order valence-electron chi connectivity index (χ1n) is 6.73. The minimum atomic E-state index is -0.407. The highest BCUT2D eigenvalue weighted by Crippen LogP contribution is 2.27. The van der Waals surface area contributed by atoms with E-state index < -0.39 is 4.92 Å². The van der Waals surface area contributed by atoms with Crippen LogP contribution in [0.1, 0.15) is 32.1 Å². The van der Waals surface area contributed by atoms with E-state index in [9.17, 15) is 10.1 Å². The molecule has 1 N–H and O–H groups in total. The predicted molar refractivity (Wildman–Crippen MR) is 77.5 cm³/mol. The molecule has 1 aromatic heterocycles. The van der Waals surface area contributed by atoms with E-state index in [-0.39, 0.29) is 11.7 Å². The van der Waals surface area contributed by atoms with Crippen LogP contribution < -0.4 is 5.32 Å². The predicted octanol–water partition coefficient (Wildman–Crippen LogP) is 3.92. The fraction of sp³-hybridized carbons (Fsp3) is 0.333. The molecule has 20 heavy (non-hydrogen) atoms. The fourth-order valence-corrected chi connectivity index (χ4v) is 2.14. The van der Waals surface area contributed by atoms with E-state index in [1.165, 1.54) is 12.1 Å². The van der Waals surface area contributed by atoms with Crippen molar-refractivity contribution in [3.8, 4) is 11.3 Å². The summed E-state index contributed by atoms with van der Waals surface area (Å²) in [5.41, 5.74) is 0.924. The lowest BCUT2D eigenvalue weighted by Crippen LogP contribution is -2.19. The molecule has 5 heteroatoms. The third-order valence-corrected chi connectivity index (χ3v) is 3.19. The van der Waals surface area contributed by atoms with Gasteiger partial charge in [-0.15, -0.1) is 0 Å². The Morgan fingerprint density at radius 3 is 2.45 bits per heavy atom. The molecular formula is C15H18N2O3. The molecule has 0 saturated heterocycles. The summed E-state index contributed by atoms with van der Waals surface area (Å²) in [6.45, 7) is 5.04. The minimum Gasteiger partial charge on any atom is -0.459 e. The maximum Gasteiger partial charge on any atom is 0.269 e. The van der Waals surface area contributed by atoms with Gasteiger partial charge in [0.2, 0.25) is 0 Å². The van der Waals surface area contributed by atoms with Crippen molar-refractivity contribution >= 4 is 5.69 Å². The standard InChI is InChI=1S/C15H18N2O3/c1-3-13(16-4-2)15-10-9-14(20-15)11-5-7-12(8-6-11)17(18)19/h5-10,13,16H,3-4H2,1-2H3. The summed E-state index contributed by atoms with van der Waals surface area (Å²) in [4.78, 5) is 10.2. The summed E-state index contributed by atoms with van der Waals surface area (Å²) in [5.74, 6) is 1.62. The smallest absolute Gasteiger partial charge is 0.269 e. The number of nitro benzene ring substituents is 1. The Labute approximate surface area is 117 Å². The number of hydrogen-bond donors (Lipinski definition) is 1. The van der Waals surface area contributed by atoms with Crippen molar-refractivity contribution in [1.82, 2.24) is 5.32 Å². The molecule has 1 heterocycles. The zero-order chi connectivity index (χ0) is 14.5. The topological polar surface area (TPSA) is 68.3 Å². The summed E-state index contributed by atoms with van der Waals surface area (Å²) in [6.07, 6.45) is 0.945. The van der Waals surface area contributed by atoms with Gasteiger partial charge < -0.3 is 9.73 Å². The second kappa shape index (κ2) is 6.34. The third kappa shape index (κ3) is 3.05. The van der Waals surface area contributed by atoms with Crippen LogP contribution in [0.5, 0.6) is 0 Å². The van der Waals surface area contributed by atoms with Crippen molar-refractivity contribution in [2.24, 2.45) is 0 Å². The Balaban J connectivity index is 2.21. The van der Waals surface area contributed by atoms with Gasteiger partial charge in [0.05, 0.1) is 11.0 Å². The number of benzene rings is 1. The molecule has 0 radical (unpaired) electrons. The van der Waals surface area contributed by atoms with Gasteiger partial charge in [0, 0.05) is 17.7 Å². The van der Waals surface area contributed by atoms with Gasteiger partial charge in [0.25, 0.3) is 5.69 Å². The molecule has 1 aromatic carbocycles. The highest BCUT2D eigenvalue weighted by Gasteiger charge is 2.14. The first kappa shape index (κ1) is 14.3. The largest absolute Gasteiger partial charge is 0.459 e. The van der Waals surface area contributed by atoms with Crippen molar-refractivity contribution in [1.29, 1.82) is 0 Å². The third-order valence-electron chi connectivity index (χ3n) is 3.19. The molecule has 0 aliphatic heterocycles. The fourth-order valence-electron chi connectivity index (χ4n) is 2.14. The first-order valence-corrected chi connectivity index (χ1v) is 6.73. The summed E-state index contributed by atoms with van der Waals surface area (Å²) in [6, 6.07) is 10.4. The van der Waals surface area contributed by atoms with Crippen molar-refractivity contribution in [2.75, 3.05) is 6.54 Å². The lowest BCUT2D eigenvalue weighted by molar-refractivity contribution is -0.384. The normalized spacial score (nSPS) is 12.3. The Kier molecular flexibility index (Phi) is 4.53. The van der Waals surface area contributed by atoms with E-state index >= 15 is 0 Å². The van der Waals surface area contributed by atoms with E-state index in [4.69, 9.17) is 4.42 Å². The average molecular weight is 274 g/mol. The molecule has 1 unspecified atom stereocenters. The van der Waals surface area contributed by atoms with Crippen molar-refractivity contribution in [3.63, 3.8) is 0 Å². The van der Waals surface area contributed by atoms with Gasteiger partial charge in [-0.1, -0.05) is 13.8 Å². The van der Waals surface area contributed by atoms with Crippen molar-refractivity contribution in [3.05, 3.63) is 52.3 Å². The molecule has 0 bridgehead atoms. The SMILES string of the molecule is CCNC(CC)c1ccc(-c2ccc([N+](=O)[O-])cc2)o1. The van der Waals surface area contributed by atoms with Gasteiger partial charge in [-0.2, -0.15) is 0 Å². The quantitative estimate of drug-likeness (QED) is 0.640. The van der Waals surface area contributed by atoms with Gasteiger partial charge in [0.1, 0.15) is 11.5 Å². The molecule has 2 aromatic rings. The lowest BCUT2D eigenvalue weighted by Gasteiger charge is -2.12. The molecule has 2 rings (SSSR count). The van der Waals surface area contributed by atoms with Gasteiger partial charge in [-0.3, -0.25) is 10.1 Å². The number of nitrogens with one attached hydrogen (secondary N) is 1. The van der Waals surface area contributed by atoms with Crippen molar-refractivity contribution < 1.29 is 9.34 Å². The molecule has 0 saturated carbocycles. The van der Waals surface area contributed by atoms with Gasteiger partial charge in [0.15, 0.2) is 0 Å². The van der Waals surface area contributed by atoms with Crippen LogP contribution in [0.2, 0.25) is 0 Å². The van der Waals surface area contributed by atoms with Crippen LogP contribution in [0.25, 0.3) is 11.3 Å². The summed E-state index contributed by atoms with van der Waals surface area (Å²) >= 11 is 0. The lowest BCUT2D eigenvalue weighted by atomic mass is 10.1. The molecular weight excluding hydrogens is 256 g/mol. The molecule has 106 valence electrons. The van der Waals surface area contributed by atoms with Gasteiger partial charge in [-0.05, 0) is 37.2 Å². The van der Waals surface area contributed by atoms with E-state index in [1.54, 1.807) is 12.1 Å². The second-order valence-electron chi connectivity index (χ2n) is 4.52. The molecule has 0 aliphatic carbocycles. The van der Waals surface area contributed by atoms with E-state index in [2.05, 4.69) is 19.2 Å². The zero-order valence-corrected chi connectivity index (χ0v) is 11.6. The van der Waals surface area contributed by atoms with Gasteiger partial charge in [-0.25, -0.2) is 0 Å². The summed E-state index contributed by atoms with van der Waals surface area (Å²) in [7, 11) is 0. The van der Waals surface area contributed by atoms with Crippen LogP contribution in [0.3, 0.4) is 0 Å². The zero-order valence-electron chi connectivity index (χ0n) is 11.6. The van der Waals surface area contributed by atoms with Crippen LogP contribution in [0.15, 0.2) is 40.8 Å². The van der Waals surface area contributed by atoms with Crippen LogP contribution in [0.4, 0.5) is 5.69 Å². The maximum atomic E-state index is 10.6. The van der Waals surface area contributed by atoms with Crippen LogP contribution in [-0.4, -0.2) is 11.5 Å². The molecule has 0 aliphatic rings. The second-order valence-corrected chi connectivity index (χ2v) is 4.52. The highest BCUT2D eigenvalue weighted by atomic mass is 16.6. The highest BCUT2D eigenvalue weighted by molar-refractivity contribution is 5.59. The van der Waals surface area contributed by atoms with Crippen molar-refractivity contribution in [2.45, 2.75) is 26.3 Å². The Bertz CT molecular complexity index is 575. The van der Waals surface area contributed by atoms with Crippen LogP contribution in [-0.2, 0) is 0 Å². The monoisotopic (exact) mass is 274 g/mol. The average Bonchev–Trinajstić information content (AvgIpc) is 2.94. The van der Waals surface area contributed by atoms with E-state index in [0.29, 0.717) is 0 Å². The summed E-state index contributed by atoms with van der Waals surface area (Å²) in [5, 5.41) is 14.0.